The Hall–Kier alpha value is 0.0569. The summed E-state index contributed by atoms with van der Waals surface area (Å²) in [5.41, 5.74) is 1.02. The molecular weight excluding hydrogens is 248 g/mol. The van der Waals surface area contributed by atoms with Crippen LogP contribution in [0.4, 0.5) is 0 Å². The zero-order valence-corrected chi connectivity index (χ0v) is 14.0. The summed E-state index contributed by atoms with van der Waals surface area (Å²) in [6.07, 6.45) is 3.56. The highest BCUT2D eigenvalue weighted by Crippen LogP contribution is 2.44. The van der Waals surface area contributed by atoms with Gasteiger partial charge in [-0.3, -0.25) is 0 Å². The highest BCUT2D eigenvalue weighted by molar-refractivity contribution is 6.40. The highest BCUT2D eigenvalue weighted by atomic mass is 28.2. The van der Waals surface area contributed by atoms with E-state index < -0.39 is 21.1 Å². The average Bonchev–Trinajstić information content (AvgIpc) is 2.45. The van der Waals surface area contributed by atoms with Gasteiger partial charge in [-0.25, -0.2) is 0 Å². The van der Waals surface area contributed by atoms with Crippen molar-refractivity contribution in [2.75, 3.05) is 28.4 Å². The maximum atomic E-state index is 5.59. The van der Waals surface area contributed by atoms with Gasteiger partial charge in [0.2, 0.25) is 0 Å². The third kappa shape index (κ3) is 3.14. The van der Waals surface area contributed by atoms with Gasteiger partial charge >= 0.3 is 0 Å². The van der Waals surface area contributed by atoms with E-state index in [4.69, 9.17) is 18.9 Å². The lowest BCUT2D eigenvalue weighted by Gasteiger charge is -2.44. The lowest BCUT2D eigenvalue weighted by molar-refractivity contribution is -0.209. The molecule has 0 radical (unpaired) electrons. The van der Waals surface area contributed by atoms with Crippen molar-refractivity contribution in [3.8, 4) is 0 Å². The molecule has 108 valence electrons. The zero-order chi connectivity index (χ0) is 13.8. The molecular formula is C13H28O4Si. The van der Waals surface area contributed by atoms with Crippen LogP contribution in [0.2, 0.25) is 11.1 Å². The largest absolute Gasteiger partial charge is 0.354 e. The van der Waals surface area contributed by atoms with Gasteiger partial charge in [-0.15, -0.1) is 0 Å². The van der Waals surface area contributed by atoms with Crippen molar-refractivity contribution >= 4 is 9.52 Å². The van der Waals surface area contributed by atoms with Crippen molar-refractivity contribution in [2.24, 2.45) is 0 Å². The Morgan fingerprint density at radius 1 is 0.778 bits per heavy atom. The smallest absolute Gasteiger partial charge is 0.164 e. The summed E-state index contributed by atoms with van der Waals surface area (Å²) in [5.74, 6) is -0.902. The van der Waals surface area contributed by atoms with E-state index in [9.17, 15) is 0 Å². The third-order valence-electron chi connectivity index (χ3n) is 4.78. The first-order valence-corrected chi connectivity index (χ1v) is 8.29. The van der Waals surface area contributed by atoms with Gasteiger partial charge in [0.05, 0.1) is 0 Å². The van der Waals surface area contributed by atoms with Crippen molar-refractivity contribution in [3.63, 3.8) is 0 Å². The molecule has 2 unspecified atom stereocenters. The number of rotatable bonds is 6. The van der Waals surface area contributed by atoms with Gasteiger partial charge in [-0.2, -0.15) is 0 Å². The molecule has 0 aromatic carbocycles. The highest BCUT2D eigenvalue weighted by Gasteiger charge is 2.44. The van der Waals surface area contributed by atoms with Crippen LogP contribution in [0.5, 0.6) is 0 Å². The standard InChI is InChI=1S/C13H28O4Si/c1-12(14-3,15-4)10-8-7-9-11(18-10)13(2,16-5)17-6/h10-11H,7-9,18H2,1-6H3. The molecule has 0 aliphatic carbocycles. The van der Waals surface area contributed by atoms with Gasteiger partial charge in [0, 0.05) is 49.0 Å². The van der Waals surface area contributed by atoms with Gasteiger partial charge in [0.15, 0.2) is 11.6 Å². The maximum Gasteiger partial charge on any atom is 0.164 e. The molecule has 1 saturated heterocycles. The molecule has 0 amide bonds. The summed E-state index contributed by atoms with van der Waals surface area (Å²) in [5, 5.41) is 0. The zero-order valence-electron chi connectivity index (χ0n) is 12.6. The molecule has 1 fully saturated rings. The number of hydrogen-bond donors (Lipinski definition) is 0. The van der Waals surface area contributed by atoms with Crippen molar-refractivity contribution in [1.82, 2.24) is 0 Å². The summed E-state index contributed by atoms with van der Waals surface area (Å²) in [6.45, 7) is 4.09. The van der Waals surface area contributed by atoms with E-state index in [2.05, 4.69) is 0 Å². The SMILES string of the molecule is COC(C)(OC)C1CCCC(C(C)(OC)OC)[SiH2]1. The van der Waals surface area contributed by atoms with E-state index in [0.717, 1.165) is 0 Å². The van der Waals surface area contributed by atoms with E-state index in [1.807, 2.05) is 13.8 Å². The summed E-state index contributed by atoms with van der Waals surface area (Å²) in [7, 11) is 6.50. The Morgan fingerprint density at radius 3 is 1.39 bits per heavy atom. The second-order valence-corrected chi connectivity index (χ2v) is 7.85. The molecule has 0 aromatic rings. The maximum absolute atomic E-state index is 5.59. The van der Waals surface area contributed by atoms with Gasteiger partial charge < -0.3 is 18.9 Å². The van der Waals surface area contributed by atoms with E-state index in [0.29, 0.717) is 11.1 Å². The number of hydrogen-bond acceptors (Lipinski definition) is 4. The lowest BCUT2D eigenvalue weighted by atomic mass is 10.0. The van der Waals surface area contributed by atoms with Crippen LogP contribution in [0, 0.1) is 0 Å². The average molecular weight is 276 g/mol. The molecule has 5 heteroatoms. The van der Waals surface area contributed by atoms with Crippen LogP contribution in [0.3, 0.4) is 0 Å². The molecule has 0 spiro atoms. The quantitative estimate of drug-likeness (QED) is 0.549. The van der Waals surface area contributed by atoms with Crippen LogP contribution in [0.15, 0.2) is 0 Å². The molecule has 1 aliphatic heterocycles. The normalized spacial score (nSPS) is 27.7. The molecule has 0 N–H and O–H groups in total. The molecule has 1 rings (SSSR count). The Bertz CT molecular complexity index is 227. The monoisotopic (exact) mass is 276 g/mol. The minimum atomic E-state index is -0.451. The first-order valence-electron chi connectivity index (χ1n) is 6.66. The Balaban J connectivity index is 2.78. The first kappa shape index (κ1) is 16.1. The third-order valence-corrected chi connectivity index (χ3v) is 8.22. The van der Waals surface area contributed by atoms with Crippen molar-refractivity contribution < 1.29 is 18.9 Å². The van der Waals surface area contributed by atoms with Gasteiger partial charge in [-0.1, -0.05) is 6.42 Å². The van der Waals surface area contributed by atoms with Crippen molar-refractivity contribution in [2.45, 2.75) is 55.8 Å². The molecule has 0 aromatic heterocycles. The molecule has 1 heterocycles. The van der Waals surface area contributed by atoms with E-state index in [1.54, 1.807) is 28.4 Å². The fraction of sp³-hybridized carbons (Fsp3) is 1.00. The molecule has 4 nitrogen and oxygen atoms in total. The van der Waals surface area contributed by atoms with Crippen LogP contribution < -0.4 is 0 Å². The second-order valence-electron chi connectivity index (χ2n) is 5.41. The van der Waals surface area contributed by atoms with Crippen LogP contribution in [-0.4, -0.2) is 49.5 Å². The van der Waals surface area contributed by atoms with Crippen LogP contribution >= 0.6 is 0 Å². The molecule has 0 saturated carbocycles. The topological polar surface area (TPSA) is 36.9 Å². The van der Waals surface area contributed by atoms with Crippen LogP contribution in [-0.2, 0) is 18.9 Å². The first-order chi connectivity index (χ1) is 8.45. The Labute approximate surface area is 113 Å². The van der Waals surface area contributed by atoms with Crippen LogP contribution in [0.1, 0.15) is 33.1 Å². The van der Waals surface area contributed by atoms with Crippen LogP contribution in [0.25, 0.3) is 0 Å². The fourth-order valence-corrected chi connectivity index (χ4v) is 6.23. The minimum Gasteiger partial charge on any atom is -0.354 e. The Kier molecular flexibility index (Phi) is 5.80. The molecule has 0 bridgehead atoms. The molecule has 2 atom stereocenters. The molecule has 18 heavy (non-hydrogen) atoms. The van der Waals surface area contributed by atoms with Gasteiger partial charge in [0.25, 0.3) is 0 Å². The summed E-state index contributed by atoms with van der Waals surface area (Å²) in [6, 6.07) is 0. The van der Waals surface area contributed by atoms with Crippen molar-refractivity contribution in [3.05, 3.63) is 0 Å². The van der Waals surface area contributed by atoms with Gasteiger partial charge in [0.1, 0.15) is 0 Å². The second kappa shape index (κ2) is 6.48. The fourth-order valence-electron chi connectivity index (χ4n) is 2.98. The van der Waals surface area contributed by atoms with E-state index in [-0.39, 0.29) is 0 Å². The summed E-state index contributed by atoms with van der Waals surface area (Å²) in [4.78, 5) is 0. The van der Waals surface area contributed by atoms with E-state index in [1.165, 1.54) is 19.3 Å². The summed E-state index contributed by atoms with van der Waals surface area (Å²) < 4.78 is 22.3. The number of ether oxygens (including phenoxy) is 4. The predicted octanol–water partition coefficient (Wildman–Crippen LogP) is 1.93. The van der Waals surface area contributed by atoms with Gasteiger partial charge in [-0.05, 0) is 26.7 Å². The van der Waals surface area contributed by atoms with Crippen molar-refractivity contribution in [1.29, 1.82) is 0 Å². The van der Waals surface area contributed by atoms with E-state index >= 15 is 0 Å². The molecule has 1 aliphatic rings. The minimum absolute atomic E-state index is 0.416. The predicted molar refractivity (Wildman–Crippen MR) is 74.7 cm³/mol. The summed E-state index contributed by atoms with van der Waals surface area (Å²) >= 11 is 0. The number of methoxy groups -OCH3 is 4. The lowest BCUT2D eigenvalue weighted by Crippen LogP contribution is -2.46. The Morgan fingerprint density at radius 2 is 1.11 bits per heavy atom.